The molecule has 1 amide bonds. The van der Waals surface area contributed by atoms with Crippen LogP contribution < -0.4 is 10.9 Å². The van der Waals surface area contributed by atoms with Gasteiger partial charge in [0.05, 0.1) is 11.1 Å². The Morgan fingerprint density at radius 1 is 1.07 bits per heavy atom. The molecule has 4 rings (SSSR count). The molecule has 0 atom stereocenters. The van der Waals surface area contributed by atoms with E-state index in [1.54, 1.807) is 18.2 Å². The molecule has 5 nitrogen and oxygen atoms in total. The van der Waals surface area contributed by atoms with Crippen molar-refractivity contribution in [2.45, 2.75) is 24.7 Å². The van der Waals surface area contributed by atoms with E-state index in [1.165, 1.54) is 18.2 Å². The van der Waals surface area contributed by atoms with Gasteiger partial charge in [0.25, 0.3) is 5.56 Å². The van der Waals surface area contributed by atoms with E-state index in [0.717, 1.165) is 30.4 Å². The summed E-state index contributed by atoms with van der Waals surface area (Å²) < 4.78 is 13.2. The Morgan fingerprint density at radius 2 is 1.85 bits per heavy atom. The highest BCUT2D eigenvalue weighted by atomic mass is 19.1. The van der Waals surface area contributed by atoms with Crippen LogP contribution in [0.2, 0.25) is 0 Å². The number of nitrogens with one attached hydrogen (secondary N) is 2. The number of anilines is 1. The number of hydrogen-bond donors (Lipinski definition) is 2. The summed E-state index contributed by atoms with van der Waals surface area (Å²) in [6.07, 6.45) is 2.45. The number of rotatable bonds is 4. The average Bonchev–Trinajstić information content (AvgIpc) is 2.63. The van der Waals surface area contributed by atoms with Crippen molar-refractivity contribution < 1.29 is 9.18 Å². The minimum atomic E-state index is -0.611. The molecule has 6 heteroatoms. The third-order valence-corrected chi connectivity index (χ3v) is 5.13. The summed E-state index contributed by atoms with van der Waals surface area (Å²) in [4.78, 5) is 24.2. The van der Waals surface area contributed by atoms with Crippen LogP contribution in [-0.4, -0.2) is 16.1 Å². The van der Waals surface area contributed by atoms with Gasteiger partial charge in [-0.25, -0.2) is 9.49 Å². The number of aromatic nitrogens is 2. The van der Waals surface area contributed by atoms with Gasteiger partial charge in [-0.2, -0.15) is 5.10 Å². The minimum absolute atomic E-state index is 0.0908. The van der Waals surface area contributed by atoms with Crippen molar-refractivity contribution in [1.82, 2.24) is 10.2 Å². The van der Waals surface area contributed by atoms with Gasteiger partial charge in [-0.15, -0.1) is 0 Å². The normalized spacial score (nSPS) is 15.0. The van der Waals surface area contributed by atoms with Crippen molar-refractivity contribution in [2.24, 2.45) is 0 Å². The number of carbonyl (C=O) groups excluding carboxylic acids is 1. The third-order valence-electron chi connectivity index (χ3n) is 5.13. The summed E-state index contributed by atoms with van der Waals surface area (Å²) in [6, 6.07) is 16.5. The molecule has 136 valence electrons. The lowest BCUT2D eigenvalue weighted by molar-refractivity contribution is -0.124. The Bertz CT molecular complexity index is 1020. The molecule has 0 spiro atoms. The van der Waals surface area contributed by atoms with Crippen LogP contribution in [0.1, 0.15) is 24.8 Å². The van der Waals surface area contributed by atoms with Gasteiger partial charge in [0, 0.05) is 17.3 Å². The number of halogens is 1. The summed E-state index contributed by atoms with van der Waals surface area (Å²) in [7, 11) is 0. The van der Waals surface area contributed by atoms with Gasteiger partial charge in [0.1, 0.15) is 5.82 Å². The first-order valence-electron chi connectivity index (χ1n) is 8.80. The second-order valence-electron chi connectivity index (χ2n) is 6.78. The molecular formula is C21H18FN3O2. The number of aromatic amines is 1. The van der Waals surface area contributed by atoms with Gasteiger partial charge < -0.3 is 5.32 Å². The number of carbonyl (C=O) groups is 1. The number of amides is 1. The Balaban J connectivity index is 1.59. The van der Waals surface area contributed by atoms with Gasteiger partial charge in [-0.3, -0.25) is 9.59 Å². The summed E-state index contributed by atoms with van der Waals surface area (Å²) in [5.74, 6) is -0.401. The predicted molar refractivity (Wildman–Crippen MR) is 101 cm³/mol. The number of H-pyrrole nitrogens is 1. The van der Waals surface area contributed by atoms with Crippen LogP contribution in [0.15, 0.2) is 65.5 Å². The van der Waals surface area contributed by atoms with E-state index in [1.807, 2.05) is 24.3 Å². The highest BCUT2D eigenvalue weighted by Crippen LogP contribution is 2.44. The molecule has 1 saturated carbocycles. The molecule has 0 bridgehead atoms. The number of nitrogens with zero attached hydrogens (tertiary/aromatic N) is 1. The van der Waals surface area contributed by atoms with E-state index >= 15 is 0 Å². The Morgan fingerprint density at radius 3 is 2.48 bits per heavy atom. The van der Waals surface area contributed by atoms with E-state index in [2.05, 4.69) is 15.5 Å². The van der Waals surface area contributed by atoms with Crippen molar-refractivity contribution >= 4 is 11.6 Å². The van der Waals surface area contributed by atoms with E-state index in [4.69, 9.17) is 0 Å². The molecule has 1 aliphatic carbocycles. The standard InChI is InChI=1S/C21H18FN3O2/c22-16-7-5-15(6-8-16)21(11-2-12-21)20(27)23-17-4-1-3-14(13-17)18-9-10-19(26)25-24-18/h1,3-10,13H,2,11-12H2,(H,23,27)(H,25,26). The van der Waals surface area contributed by atoms with E-state index in [-0.39, 0.29) is 17.3 Å². The van der Waals surface area contributed by atoms with Crippen molar-refractivity contribution in [3.05, 3.63) is 82.4 Å². The van der Waals surface area contributed by atoms with Gasteiger partial charge in [-0.05, 0) is 48.7 Å². The molecule has 1 fully saturated rings. The Hall–Kier alpha value is -3.28. The molecule has 1 aromatic heterocycles. The molecule has 3 aromatic rings. The molecule has 2 aromatic carbocycles. The highest BCUT2D eigenvalue weighted by Gasteiger charge is 2.45. The fraction of sp³-hybridized carbons (Fsp3) is 0.190. The van der Waals surface area contributed by atoms with E-state index < -0.39 is 5.41 Å². The lowest BCUT2D eigenvalue weighted by Gasteiger charge is -2.40. The molecular weight excluding hydrogens is 345 g/mol. The first kappa shape index (κ1) is 17.1. The van der Waals surface area contributed by atoms with Crippen LogP contribution in [0.3, 0.4) is 0 Å². The first-order valence-corrected chi connectivity index (χ1v) is 8.80. The summed E-state index contributed by atoms with van der Waals surface area (Å²) in [6.45, 7) is 0. The van der Waals surface area contributed by atoms with Gasteiger partial charge in [-0.1, -0.05) is 30.7 Å². The maximum absolute atomic E-state index is 13.2. The summed E-state index contributed by atoms with van der Waals surface area (Å²) in [5.41, 5.74) is 2.01. The van der Waals surface area contributed by atoms with Crippen LogP contribution in [-0.2, 0) is 10.2 Å². The number of hydrogen-bond acceptors (Lipinski definition) is 3. The molecule has 0 saturated heterocycles. The van der Waals surface area contributed by atoms with Gasteiger partial charge in [0.2, 0.25) is 5.91 Å². The zero-order valence-corrected chi connectivity index (χ0v) is 14.5. The largest absolute Gasteiger partial charge is 0.325 e. The van der Waals surface area contributed by atoms with E-state index in [9.17, 15) is 14.0 Å². The first-order chi connectivity index (χ1) is 13.1. The van der Waals surface area contributed by atoms with Crippen molar-refractivity contribution in [1.29, 1.82) is 0 Å². The smallest absolute Gasteiger partial charge is 0.264 e. The molecule has 0 unspecified atom stereocenters. The summed E-state index contributed by atoms with van der Waals surface area (Å²) in [5, 5.41) is 9.41. The maximum Gasteiger partial charge on any atom is 0.264 e. The van der Waals surface area contributed by atoms with Crippen LogP contribution in [0.4, 0.5) is 10.1 Å². The zero-order chi connectivity index (χ0) is 18.9. The molecule has 27 heavy (non-hydrogen) atoms. The number of benzene rings is 2. The maximum atomic E-state index is 13.2. The lowest BCUT2D eigenvalue weighted by atomic mass is 9.64. The average molecular weight is 363 g/mol. The van der Waals surface area contributed by atoms with E-state index in [0.29, 0.717) is 11.4 Å². The molecule has 0 radical (unpaired) electrons. The molecule has 1 heterocycles. The van der Waals surface area contributed by atoms with Crippen molar-refractivity contribution in [2.75, 3.05) is 5.32 Å². The third kappa shape index (κ3) is 3.26. The lowest BCUT2D eigenvalue weighted by Crippen LogP contribution is -2.46. The summed E-state index contributed by atoms with van der Waals surface area (Å²) >= 11 is 0. The quantitative estimate of drug-likeness (QED) is 0.743. The van der Waals surface area contributed by atoms with Crippen molar-refractivity contribution in [3.63, 3.8) is 0 Å². The van der Waals surface area contributed by atoms with Gasteiger partial charge in [0.15, 0.2) is 0 Å². The molecule has 0 aliphatic heterocycles. The monoisotopic (exact) mass is 363 g/mol. The highest BCUT2D eigenvalue weighted by molar-refractivity contribution is 6.00. The fourth-order valence-electron chi connectivity index (χ4n) is 3.46. The van der Waals surface area contributed by atoms with Crippen LogP contribution >= 0.6 is 0 Å². The van der Waals surface area contributed by atoms with Crippen molar-refractivity contribution in [3.8, 4) is 11.3 Å². The van der Waals surface area contributed by atoms with Crippen LogP contribution in [0.25, 0.3) is 11.3 Å². The SMILES string of the molecule is O=C(Nc1cccc(-c2ccc(=O)[nH]n2)c1)C1(c2ccc(F)cc2)CCC1. The zero-order valence-electron chi connectivity index (χ0n) is 14.5. The van der Waals surface area contributed by atoms with Gasteiger partial charge >= 0.3 is 0 Å². The second-order valence-corrected chi connectivity index (χ2v) is 6.78. The topological polar surface area (TPSA) is 74.8 Å². The Kier molecular flexibility index (Phi) is 4.32. The fourth-order valence-corrected chi connectivity index (χ4v) is 3.46. The molecule has 1 aliphatic rings. The van der Waals surface area contributed by atoms with Crippen LogP contribution in [0, 0.1) is 5.82 Å². The minimum Gasteiger partial charge on any atom is -0.325 e. The molecule has 2 N–H and O–H groups in total. The Labute approximate surface area is 155 Å². The van der Waals surface area contributed by atoms with Crippen LogP contribution in [0.5, 0.6) is 0 Å². The second kappa shape index (κ2) is 6.79. The predicted octanol–water partition coefficient (Wildman–Crippen LogP) is 3.64.